The summed E-state index contributed by atoms with van der Waals surface area (Å²) in [6, 6.07) is -0.392. The third-order valence-corrected chi connectivity index (χ3v) is 9.36. The molecule has 3 fully saturated rings. The van der Waals surface area contributed by atoms with Gasteiger partial charge in [0.15, 0.2) is 0 Å². The number of amides is 3. The maximum Gasteiger partial charge on any atom is 0.407 e. The number of hydrogen-bond acceptors (Lipinski definition) is 14. The van der Waals surface area contributed by atoms with Gasteiger partial charge in [0.1, 0.15) is 11.6 Å². The summed E-state index contributed by atoms with van der Waals surface area (Å²) in [5, 5.41) is 8.23. The predicted molar refractivity (Wildman–Crippen MR) is 201 cm³/mol. The predicted octanol–water partition coefficient (Wildman–Crippen LogP) is 1.57. The van der Waals surface area contributed by atoms with Crippen molar-refractivity contribution in [3.8, 4) is 0 Å². The van der Waals surface area contributed by atoms with E-state index in [1.54, 1.807) is 45.6 Å². The molecule has 19 heteroatoms. The monoisotopic (exact) mass is 853 g/mol. The first-order valence-corrected chi connectivity index (χ1v) is 18.9. The van der Waals surface area contributed by atoms with E-state index in [9.17, 15) is 19.2 Å². The van der Waals surface area contributed by atoms with Crippen molar-refractivity contribution in [2.24, 2.45) is 0 Å². The number of piperazine rings is 2. The number of nitrogens with one attached hydrogen (secondary N) is 3. The number of anilines is 2. The van der Waals surface area contributed by atoms with Crippen molar-refractivity contribution in [2.75, 3.05) is 88.9 Å². The van der Waals surface area contributed by atoms with Crippen molar-refractivity contribution in [3.63, 3.8) is 0 Å². The van der Waals surface area contributed by atoms with Crippen LogP contribution in [-0.4, -0.2) is 150 Å². The lowest BCUT2D eigenvalue weighted by molar-refractivity contribution is -0.147. The normalized spacial score (nSPS) is 18.8. The maximum absolute atomic E-state index is 12.4. The van der Waals surface area contributed by atoms with Crippen molar-refractivity contribution in [1.82, 2.24) is 45.7 Å². The molecular formula is C33H49Br2N11O6. The molecule has 3 N–H and O–H groups in total. The number of aromatic nitrogens is 4. The van der Waals surface area contributed by atoms with E-state index in [-0.39, 0.29) is 36.8 Å². The molecule has 3 aliphatic heterocycles. The number of nitrogens with zero attached hydrogens (tertiary/aromatic N) is 8. The van der Waals surface area contributed by atoms with Crippen LogP contribution in [0.4, 0.5) is 16.7 Å². The summed E-state index contributed by atoms with van der Waals surface area (Å²) in [6.07, 6.45) is 7.84. The average Bonchev–Trinajstić information content (AvgIpc) is 3.56. The van der Waals surface area contributed by atoms with E-state index in [1.165, 1.54) is 7.11 Å². The van der Waals surface area contributed by atoms with E-state index < -0.39 is 17.7 Å². The lowest BCUT2D eigenvalue weighted by Crippen LogP contribution is -2.54. The number of alkyl carbamates (subject to hydrolysis) is 1. The molecule has 5 heterocycles. The van der Waals surface area contributed by atoms with Gasteiger partial charge in [-0.2, -0.15) is 0 Å². The second kappa shape index (κ2) is 20.0. The van der Waals surface area contributed by atoms with Crippen molar-refractivity contribution in [2.45, 2.75) is 57.7 Å². The van der Waals surface area contributed by atoms with Gasteiger partial charge in [-0.3, -0.25) is 24.2 Å². The Kier molecular flexibility index (Phi) is 15.8. The lowest BCUT2D eigenvalue weighted by Gasteiger charge is -2.38. The van der Waals surface area contributed by atoms with Gasteiger partial charge in [0.25, 0.3) is 0 Å². The third-order valence-electron chi connectivity index (χ3n) is 8.54. The van der Waals surface area contributed by atoms with Crippen molar-refractivity contribution >= 4 is 67.6 Å². The molecule has 0 spiro atoms. The molecule has 5 rings (SSSR count). The Labute approximate surface area is 321 Å². The molecule has 286 valence electrons. The first-order chi connectivity index (χ1) is 24.8. The number of halogens is 2. The zero-order chi connectivity index (χ0) is 37.7. The molecule has 0 radical (unpaired) electrons. The van der Waals surface area contributed by atoms with E-state index in [4.69, 9.17) is 9.47 Å². The van der Waals surface area contributed by atoms with Gasteiger partial charge < -0.3 is 35.2 Å². The molecule has 0 aliphatic carbocycles. The van der Waals surface area contributed by atoms with Gasteiger partial charge in [-0.15, -0.1) is 0 Å². The van der Waals surface area contributed by atoms with E-state index in [2.05, 4.69) is 87.3 Å². The number of esters is 1. The van der Waals surface area contributed by atoms with Gasteiger partial charge in [0.2, 0.25) is 23.7 Å². The minimum absolute atomic E-state index is 0.0630. The molecule has 3 aliphatic rings. The fourth-order valence-corrected chi connectivity index (χ4v) is 6.36. The van der Waals surface area contributed by atoms with Crippen LogP contribution in [0.5, 0.6) is 0 Å². The molecule has 52 heavy (non-hydrogen) atoms. The van der Waals surface area contributed by atoms with Crippen LogP contribution >= 0.6 is 31.9 Å². The molecule has 2 aromatic heterocycles. The summed E-state index contributed by atoms with van der Waals surface area (Å²) in [4.78, 5) is 73.5. The smallest absolute Gasteiger partial charge is 0.407 e. The zero-order valence-corrected chi connectivity index (χ0v) is 33.3. The van der Waals surface area contributed by atoms with Crippen LogP contribution in [0.2, 0.25) is 0 Å². The summed E-state index contributed by atoms with van der Waals surface area (Å²) in [6.45, 7) is 12.8. The van der Waals surface area contributed by atoms with E-state index in [0.717, 1.165) is 54.0 Å². The van der Waals surface area contributed by atoms with Gasteiger partial charge in [0, 0.05) is 103 Å². The largest absolute Gasteiger partial charge is 0.468 e. The highest BCUT2D eigenvalue weighted by atomic mass is 79.9. The molecule has 0 saturated carbocycles. The number of carbonyl (C=O) groups excluding carboxylic acids is 4. The molecule has 3 saturated heterocycles. The third kappa shape index (κ3) is 13.1. The Bertz CT molecular complexity index is 1470. The molecule has 17 nitrogen and oxygen atoms in total. The van der Waals surface area contributed by atoms with E-state index >= 15 is 0 Å². The number of carbonyl (C=O) groups is 4. The number of hydrogen-bond donors (Lipinski definition) is 3. The van der Waals surface area contributed by atoms with Crippen molar-refractivity contribution in [3.05, 3.63) is 33.7 Å². The molecule has 2 aromatic rings. The van der Waals surface area contributed by atoms with Gasteiger partial charge in [-0.25, -0.2) is 24.7 Å². The molecule has 0 aromatic carbocycles. The quantitative estimate of drug-likeness (QED) is 0.277. The average molecular weight is 856 g/mol. The summed E-state index contributed by atoms with van der Waals surface area (Å²) in [5.74, 6) is 1.04. The van der Waals surface area contributed by atoms with Gasteiger partial charge in [-0.05, 0) is 65.5 Å². The van der Waals surface area contributed by atoms with Crippen LogP contribution in [0.25, 0.3) is 0 Å². The second-order valence-electron chi connectivity index (χ2n) is 13.4. The number of rotatable bonds is 11. The van der Waals surface area contributed by atoms with Gasteiger partial charge in [-0.1, -0.05) is 0 Å². The molecule has 2 atom stereocenters. The lowest BCUT2D eigenvalue weighted by atomic mass is 10.1. The molecule has 0 bridgehead atoms. The summed E-state index contributed by atoms with van der Waals surface area (Å²) in [5.41, 5.74) is -0.591. The SMILES string of the molecule is COC(=O)C(CCNC(=O)CCNC(=O)OC(C)(C)C)N1CCN(c2ncc(Br)cn2)CC1.O=C1NCCC1N1CCN(c2ncc(Br)cn2)CC1. The van der Waals surface area contributed by atoms with Crippen LogP contribution in [0.15, 0.2) is 33.7 Å². The highest BCUT2D eigenvalue weighted by molar-refractivity contribution is 9.10. The minimum Gasteiger partial charge on any atom is -0.468 e. The standard InChI is InChI=1S/C21H33BrN6O5.C12H16BrN5O/c1-21(2,3)33-20(31)24-8-6-17(29)23-7-5-16(18(30)32-4)27-9-11-28(12-10-27)19-25-13-15(22)14-26-19;13-9-7-15-12(16-8-9)18-5-3-17(4-6-18)10-1-2-14-11(10)19/h13-14,16H,5-12H2,1-4H3,(H,23,29)(H,24,31);7-8,10H,1-6H2,(H,14,19). The van der Waals surface area contributed by atoms with Crippen LogP contribution in [0.1, 0.15) is 40.0 Å². The van der Waals surface area contributed by atoms with Crippen LogP contribution < -0.4 is 25.8 Å². The highest BCUT2D eigenvalue weighted by Crippen LogP contribution is 2.18. The van der Waals surface area contributed by atoms with Crippen molar-refractivity contribution in [1.29, 1.82) is 0 Å². The maximum atomic E-state index is 12.4. The van der Waals surface area contributed by atoms with E-state index in [0.29, 0.717) is 45.1 Å². The van der Waals surface area contributed by atoms with Crippen molar-refractivity contribution < 1.29 is 28.7 Å². The summed E-state index contributed by atoms with van der Waals surface area (Å²) >= 11 is 6.66. The Hall–Kier alpha value is -3.68. The molecular weight excluding hydrogens is 806 g/mol. The molecule has 2 unspecified atom stereocenters. The number of methoxy groups -OCH3 is 1. The topological polar surface area (TPSA) is 187 Å². The number of ether oxygens (including phenoxy) is 2. The highest BCUT2D eigenvalue weighted by Gasteiger charge is 2.33. The summed E-state index contributed by atoms with van der Waals surface area (Å²) in [7, 11) is 1.36. The Balaban J connectivity index is 0.000000267. The zero-order valence-electron chi connectivity index (χ0n) is 30.1. The fraction of sp³-hybridized carbons (Fsp3) is 0.636. The Morgan fingerprint density at radius 2 is 1.40 bits per heavy atom. The first kappa shape index (κ1) is 41.1. The van der Waals surface area contributed by atoms with Gasteiger partial charge >= 0.3 is 12.1 Å². The second-order valence-corrected chi connectivity index (χ2v) is 15.2. The minimum atomic E-state index is -0.591. The Morgan fingerprint density at radius 1 is 0.865 bits per heavy atom. The molecule has 3 amide bonds. The summed E-state index contributed by atoms with van der Waals surface area (Å²) < 4.78 is 11.8. The van der Waals surface area contributed by atoms with Crippen LogP contribution in [-0.2, 0) is 23.9 Å². The van der Waals surface area contributed by atoms with E-state index in [1.807, 2.05) is 0 Å². The first-order valence-electron chi connectivity index (χ1n) is 17.3. The van der Waals surface area contributed by atoms with Crippen LogP contribution in [0, 0.1) is 0 Å². The van der Waals surface area contributed by atoms with Gasteiger partial charge in [0.05, 0.1) is 22.1 Å². The van der Waals surface area contributed by atoms with Crippen LogP contribution in [0.3, 0.4) is 0 Å². The Morgan fingerprint density at radius 3 is 1.88 bits per heavy atom. The fourth-order valence-electron chi connectivity index (χ4n) is 5.95.